The van der Waals surface area contributed by atoms with Gasteiger partial charge in [0, 0.05) is 30.0 Å². The molecule has 0 amide bonds. The third kappa shape index (κ3) is 2.33. The van der Waals surface area contributed by atoms with Crippen molar-refractivity contribution in [3.63, 3.8) is 0 Å². The van der Waals surface area contributed by atoms with E-state index in [2.05, 4.69) is 47.3 Å². The van der Waals surface area contributed by atoms with E-state index >= 15 is 0 Å². The van der Waals surface area contributed by atoms with E-state index in [0.717, 1.165) is 13.0 Å². The first-order valence-electron chi connectivity index (χ1n) is 6.38. The van der Waals surface area contributed by atoms with E-state index in [1.807, 2.05) is 6.07 Å². The number of fused-ring (bicyclic) bond motifs is 1. The van der Waals surface area contributed by atoms with Gasteiger partial charge in [0.05, 0.1) is 0 Å². The van der Waals surface area contributed by atoms with Crippen LogP contribution < -0.4 is 4.57 Å². The van der Waals surface area contributed by atoms with Crippen LogP contribution in [0.2, 0.25) is 0 Å². The fourth-order valence-corrected chi connectivity index (χ4v) is 2.49. The summed E-state index contributed by atoms with van der Waals surface area (Å²) >= 11 is 0. The Labute approximate surface area is 107 Å². The van der Waals surface area contributed by atoms with Gasteiger partial charge in [0.25, 0.3) is 0 Å². The summed E-state index contributed by atoms with van der Waals surface area (Å²) in [6.45, 7) is 0.863. The molecule has 2 aromatic rings. The first-order valence-corrected chi connectivity index (χ1v) is 6.38. The van der Waals surface area contributed by atoms with E-state index in [9.17, 15) is 4.79 Å². The minimum atomic E-state index is 0.361. The lowest BCUT2D eigenvalue weighted by Crippen LogP contribution is -2.35. The summed E-state index contributed by atoms with van der Waals surface area (Å²) in [6, 6.07) is 12.5. The number of carbonyl (C=O) groups is 1. The van der Waals surface area contributed by atoms with Crippen molar-refractivity contribution in [1.82, 2.24) is 0 Å². The minimum absolute atomic E-state index is 0.361. The highest BCUT2D eigenvalue weighted by Crippen LogP contribution is 2.16. The van der Waals surface area contributed by atoms with Crippen molar-refractivity contribution >= 4 is 5.78 Å². The van der Waals surface area contributed by atoms with Crippen molar-refractivity contribution in [3.8, 4) is 0 Å². The van der Waals surface area contributed by atoms with Crippen LogP contribution in [-0.2, 0) is 24.2 Å². The van der Waals surface area contributed by atoms with Gasteiger partial charge in [-0.15, -0.1) is 0 Å². The molecule has 18 heavy (non-hydrogen) atoms. The lowest BCUT2D eigenvalue weighted by atomic mass is 9.92. The summed E-state index contributed by atoms with van der Waals surface area (Å²) in [5.41, 5.74) is 3.81. The molecule has 90 valence electrons. The average molecular weight is 238 g/mol. The molecule has 0 unspecified atom stereocenters. The highest BCUT2D eigenvalue weighted by molar-refractivity contribution is 5.82. The summed E-state index contributed by atoms with van der Waals surface area (Å²) in [5.74, 6) is 0.361. The van der Waals surface area contributed by atoms with E-state index in [0.29, 0.717) is 18.6 Å². The van der Waals surface area contributed by atoms with Gasteiger partial charge in [-0.05, 0) is 12.0 Å². The monoisotopic (exact) mass is 238 g/mol. The number of Topliss-reactive ketones (excluding diaryl/α,β-unsaturated/α-hetero) is 1. The Hall–Kier alpha value is -1.96. The Kier molecular flexibility index (Phi) is 2.93. The molecule has 0 bridgehead atoms. The number of hydrogen-bond acceptors (Lipinski definition) is 1. The molecule has 1 heterocycles. The fraction of sp³-hybridized carbons (Fsp3) is 0.250. The van der Waals surface area contributed by atoms with E-state index in [-0.39, 0.29) is 0 Å². The summed E-state index contributed by atoms with van der Waals surface area (Å²) in [7, 11) is 0. The lowest BCUT2D eigenvalue weighted by Gasteiger charge is -2.12. The molecule has 0 fully saturated rings. The number of carbonyl (C=O) groups excluding carboxylic acids is 1. The fourth-order valence-electron chi connectivity index (χ4n) is 2.49. The van der Waals surface area contributed by atoms with Crippen LogP contribution in [0.15, 0.2) is 48.8 Å². The summed E-state index contributed by atoms with van der Waals surface area (Å²) in [6.07, 6.45) is 6.45. The van der Waals surface area contributed by atoms with Crippen LogP contribution in [0.5, 0.6) is 0 Å². The van der Waals surface area contributed by atoms with Crippen LogP contribution in [0, 0.1) is 0 Å². The molecule has 1 aliphatic carbocycles. The van der Waals surface area contributed by atoms with Crippen LogP contribution in [0.25, 0.3) is 0 Å². The molecule has 0 saturated carbocycles. The predicted molar refractivity (Wildman–Crippen MR) is 69.2 cm³/mol. The van der Waals surface area contributed by atoms with Crippen LogP contribution in [-0.4, -0.2) is 5.78 Å². The van der Waals surface area contributed by atoms with Crippen LogP contribution in [0.3, 0.4) is 0 Å². The second kappa shape index (κ2) is 4.73. The molecule has 3 rings (SSSR count). The lowest BCUT2D eigenvalue weighted by molar-refractivity contribution is -0.688. The van der Waals surface area contributed by atoms with Crippen molar-refractivity contribution < 1.29 is 9.36 Å². The first-order chi connectivity index (χ1) is 8.81. The van der Waals surface area contributed by atoms with Crippen LogP contribution in [0.4, 0.5) is 0 Å². The molecule has 0 spiro atoms. The topological polar surface area (TPSA) is 20.9 Å². The van der Waals surface area contributed by atoms with Crippen molar-refractivity contribution in [2.45, 2.75) is 25.8 Å². The number of benzene rings is 1. The molecule has 0 atom stereocenters. The number of ketones is 1. The molecular formula is C16H16NO+. The molecule has 0 aliphatic heterocycles. The van der Waals surface area contributed by atoms with Crippen LogP contribution >= 0.6 is 0 Å². The van der Waals surface area contributed by atoms with Gasteiger partial charge in [0.1, 0.15) is 5.78 Å². The molecule has 0 N–H and O–H groups in total. The highest BCUT2D eigenvalue weighted by atomic mass is 16.1. The molecule has 0 saturated heterocycles. The molecule has 0 radical (unpaired) electrons. The van der Waals surface area contributed by atoms with Crippen LogP contribution in [0.1, 0.15) is 23.1 Å². The second-order valence-electron chi connectivity index (χ2n) is 4.87. The largest absolute Gasteiger partial charge is 0.299 e. The van der Waals surface area contributed by atoms with Crippen molar-refractivity contribution in [2.24, 2.45) is 0 Å². The maximum Gasteiger partial charge on any atom is 0.173 e. The zero-order chi connectivity index (χ0) is 12.4. The van der Waals surface area contributed by atoms with Gasteiger partial charge in [-0.25, -0.2) is 4.57 Å². The van der Waals surface area contributed by atoms with Crippen molar-refractivity contribution in [2.75, 3.05) is 0 Å². The summed E-state index contributed by atoms with van der Waals surface area (Å²) < 4.78 is 2.16. The Morgan fingerprint density at radius 3 is 2.67 bits per heavy atom. The predicted octanol–water partition coefficient (Wildman–Crippen LogP) is 2.08. The number of aromatic nitrogens is 1. The van der Waals surface area contributed by atoms with E-state index in [1.165, 1.54) is 16.7 Å². The van der Waals surface area contributed by atoms with E-state index in [4.69, 9.17) is 0 Å². The third-order valence-electron chi connectivity index (χ3n) is 3.47. The number of hydrogen-bond donors (Lipinski definition) is 0. The summed E-state index contributed by atoms with van der Waals surface area (Å²) in [5, 5.41) is 0. The van der Waals surface area contributed by atoms with E-state index < -0.39 is 0 Å². The average Bonchev–Trinajstić information content (AvgIpc) is 2.39. The smallest absolute Gasteiger partial charge is 0.173 e. The molecule has 2 nitrogen and oxygen atoms in total. The van der Waals surface area contributed by atoms with E-state index in [1.54, 1.807) is 0 Å². The van der Waals surface area contributed by atoms with Gasteiger partial charge in [-0.1, -0.05) is 30.3 Å². The second-order valence-corrected chi connectivity index (χ2v) is 4.87. The number of pyridine rings is 1. The van der Waals surface area contributed by atoms with Crippen molar-refractivity contribution in [3.05, 3.63) is 65.5 Å². The van der Waals surface area contributed by atoms with Gasteiger partial charge >= 0.3 is 0 Å². The van der Waals surface area contributed by atoms with Gasteiger partial charge in [0.15, 0.2) is 18.9 Å². The van der Waals surface area contributed by atoms with Gasteiger partial charge < -0.3 is 0 Å². The normalized spacial score (nSPS) is 14.3. The molecular weight excluding hydrogens is 222 g/mol. The quantitative estimate of drug-likeness (QED) is 0.734. The molecule has 1 aromatic carbocycles. The number of aryl methyl sites for hydroxylation is 1. The number of nitrogens with zero attached hydrogens (tertiary/aromatic N) is 1. The zero-order valence-electron chi connectivity index (χ0n) is 10.3. The Morgan fingerprint density at radius 1 is 1.00 bits per heavy atom. The Balaban J connectivity index is 1.86. The maximum absolute atomic E-state index is 11.5. The third-order valence-corrected chi connectivity index (χ3v) is 3.47. The summed E-state index contributed by atoms with van der Waals surface area (Å²) in [4.78, 5) is 11.5. The minimum Gasteiger partial charge on any atom is -0.299 e. The Bertz CT molecular complexity index is 575. The SMILES string of the molecule is O=C1CCc2cc[n+](Cc3ccccc3)cc2C1. The molecule has 1 aromatic heterocycles. The first kappa shape index (κ1) is 11.1. The van der Waals surface area contributed by atoms with Crippen molar-refractivity contribution in [1.29, 1.82) is 0 Å². The number of rotatable bonds is 2. The molecule has 2 heteroatoms. The standard InChI is InChI=1S/C16H16NO/c18-16-7-6-14-8-9-17(12-15(14)10-16)11-13-4-2-1-3-5-13/h1-5,8-9,12H,6-7,10-11H2/q+1. The molecule has 1 aliphatic rings. The van der Waals surface area contributed by atoms with Gasteiger partial charge in [0.2, 0.25) is 0 Å². The Morgan fingerprint density at radius 2 is 1.83 bits per heavy atom. The maximum atomic E-state index is 11.5. The highest BCUT2D eigenvalue weighted by Gasteiger charge is 2.18. The van der Waals surface area contributed by atoms with Gasteiger partial charge in [-0.2, -0.15) is 0 Å². The zero-order valence-corrected chi connectivity index (χ0v) is 10.3. The van der Waals surface area contributed by atoms with Gasteiger partial charge in [-0.3, -0.25) is 4.79 Å².